The molecule has 1 aromatic heterocycles. The summed E-state index contributed by atoms with van der Waals surface area (Å²) in [6.45, 7) is 1.96. The molecule has 0 saturated carbocycles. The molecule has 0 spiro atoms. The molecule has 0 aliphatic carbocycles. The number of halogens is 2. The summed E-state index contributed by atoms with van der Waals surface area (Å²) in [5.74, 6) is 0.309. The minimum atomic E-state index is -0.909. The van der Waals surface area contributed by atoms with Crippen LogP contribution in [0.15, 0.2) is 61.2 Å². The zero-order valence-corrected chi connectivity index (χ0v) is 14.3. The maximum atomic E-state index is 13.0. The minimum Gasteiger partial charge on any atom is -0.462 e. The maximum Gasteiger partial charge on any atom is 0.241 e. The Morgan fingerprint density at radius 3 is 2.71 bits per heavy atom. The first-order valence-electron chi connectivity index (χ1n) is 7.24. The molecule has 0 aliphatic heterocycles. The standard InChI is InChI=1S/C18H14Cl2N2O2/c1-12-3-2-4-14(9-12)24-18(22-8-7-21-11-22)17(23)15-6-5-13(19)10-16(15)20/h2-11,18H,1H3. The van der Waals surface area contributed by atoms with Gasteiger partial charge in [-0.3, -0.25) is 9.36 Å². The first-order chi connectivity index (χ1) is 11.5. The molecule has 3 rings (SSSR count). The average molecular weight is 361 g/mol. The molecule has 3 aromatic rings. The molecular weight excluding hydrogens is 347 g/mol. The second-order valence-corrected chi connectivity index (χ2v) is 6.13. The number of ketones is 1. The van der Waals surface area contributed by atoms with Crippen molar-refractivity contribution in [1.29, 1.82) is 0 Å². The fourth-order valence-electron chi connectivity index (χ4n) is 2.30. The van der Waals surface area contributed by atoms with E-state index in [1.54, 1.807) is 35.2 Å². The summed E-state index contributed by atoms with van der Waals surface area (Å²) in [5, 5.41) is 0.751. The van der Waals surface area contributed by atoms with Gasteiger partial charge >= 0.3 is 0 Å². The molecule has 0 saturated heterocycles. The first-order valence-corrected chi connectivity index (χ1v) is 8.00. The van der Waals surface area contributed by atoms with Gasteiger partial charge in [-0.25, -0.2) is 4.98 Å². The smallest absolute Gasteiger partial charge is 0.241 e. The minimum absolute atomic E-state index is 0.281. The van der Waals surface area contributed by atoms with Crippen LogP contribution < -0.4 is 4.74 Å². The lowest BCUT2D eigenvalue weighted by atomic mass is 10.1. The fraction of sp³-hybridized carbons (Fsp3) is 0.111. The predicted octanol–water partition coefficient (Wildman–Crippen LogP) is 4.96. The van der Waals surface area contributed by atoms with E-state index < -0.39 is 6.23 Å². The van der Waals surface area contributed by atoms with E-state index in [9.17, 15) is 4.79 Å². The van der Waals surface area contributed by atoms with Gasteiger partial charge in [-0.2, -0.15) is 0 Å². The fourth-order valence-corrected chi connectivity index (χ4v) is 2.80. The molecule has 1 heterocycles. The van der Waals surface area contributed by atoms with Gasteiger partial charge in [0.15, 0.2) is 0 Å². The Balaban J connectivity index is 1.97. The zero-order chi connectivity index (χ0) is 17.1. The maximum absolute atomic E-state index is 13.0. The van der Waals surface area contributed by atoms with Crippen LogP contribution in [0.1, 0.15) is 22.1 Å². The molecule has 24 heavy (non-hydrogen) atoms. The summed E-state index contributed by atoms with van der Waals surface area (Å²) in [4.78, 5) is 17.0. The summed E-state index contributed by atoms with van der Waals surface area (Å²) in [6.07, 6.45) is 3.88. The van der Waals surface area contributed by atoms with Gasteiger partial charge in [0.25, 0.3) is 0 Å². The summed E-state index contributed by atoms with van der Waals surface area (Å²) in [5.41, 5.74) is 1.38. The van der Waals surface area contributed by atoms with Crippen molar-refractivity contribution in [2.75, 3.05) is 0 Å². The largest absolute Gasteiger partial charge is 0.462 e. The number of rotatable bonds is 5. The lowest BCUT2D eigenvalue weighted by Gasteiger charge is -2.20. The van der Waals surface area contributed by atoms with Crippen LogP contribution in [0.4, 0.5) is 0 Å². The monoisotopic (exact) mass is 360 g/mol. The number of nitrogens with zero attached hydrogens (tertiary/aromatic N) is 2. The van der Waals surface area contributed by atoms with E-state index in [-0.39, 0.29) is 10.8 Å². The summed E-state index contributed by atoms with van der Waals surface area (Å²) in [6, 6.07) is 12.2. The van der Waals surface area contributed by atoms with Gasteiger partial charge < -0.3 is 4.74 Å². The summed E-state index contributed by atoms with van der Waals surface area (Å²) >= 11 is 12.1. The third-order valence-electron chi connectivity index (χ3n) is 3.45. The third kappa shape index (κ3) is 3.61. The molecule has 0 fully saturated rings. The number of aryl methyl sites for hydroxylation is 1. The van der Waals surface area contributed by atoms with Crippen LogP contribution in [-0.2, 0) is 0 Å². The second-order valence-electron chi connectivity index (χ2n) is 5.29. The van der Waals surface area contributed by atoms with Gasteiger partial charge in [0.1, 0.15) is 5.75 Å². The Bertz CT molecular complexity index is 863. The second kappa shape index (κ2) is 7.07. The number of benzene rings is 2. The van der Waals surface area contributed by atoms with Gasteiger partial charge in [-0.15, -0.1) is 0 Å². The Labute approximate surface area is 149 Å². The van der Waals surface area contributed by atoms with Crippen molar-refractivity contribution >= 4 is 29.0 Å². The molecule has 4 nitrogen and oxygen atoms in total. The topological polar surface area (TPSA) is 44.1 Å². The number of carbonyl (C=O) groups excluding carboxylic acids is 1. The predicted molar refractivity (Wildman–Crippen MR) is 93.9 cm³/mol. The van der Waals surface area contributed by atoms with E-state index >= 15 is 0 Å². The van der Waals surface area contributed by atoms with Crippen LogP contribution in [0.5, 0.6) is 5.75 Å². The van der Waals surface area contributed by atoms with Crippen LogP contribution in [0.3, 0.4) is 0 Å². The number of carbonyl (C=O) groups is 1. The normalized spacial score (nSPS) is 12.0. The number of Topliss-reactive ketones (excluding diaryl/α,β-unsaturated/α-hetero) is 1. The van der Waals surface area contributed by atoms with E-state index in [0.29, 0.717) is 16.3 Å². The van der Waals surface area contributed by atoms with Gasteiger partial charge in [-0.1, -0.05) is 35.3 Å². The number of imidazole rings is 1. The van der Waals surface area contributed by atoms with Crippen molar-refractivity contribution in [3.63, 3.8) is 0 Å². The molecule has 122 valence electrons. The van der Waals surface area contributed by atoms with Crippen LogP contribution in [0.25, 0.3) is 0 Å². The van der Waals surface area contributed by atoms with E-state index in [1.165, 1.54) is 12.4 Å². The highest BCUT2D eigenvalue weighted by Gasteiger charge is 2.25. The van der Waals surface area contributed by atoms with Gasteiger partial charge in [-0.05, 0) is 42.8 Å². The molecule has 0 amide bonds. The van der Waals surface area contributed by atoms with E-state index in [1.807, 2.05) is 25.1 Å². The van der Waals surface area contributed by atoms with Crippen LogP contribution in [0.2, 0.25) is 10.0 Å². The van der Waals surface area contributed by atoms with Crippen molar-refractivity contribution in [1.82, 2.24) is 9.55 Å². The van der Waals surface area contributed by atoms with E-state index in [4.69, 9.17) is 27.9 Å². The highest BCUT2D eigenvalue weighted by Crippen LogP contribution is 2.27. The van der Waals surface area contributed by atoms with Crippen LogP contribution in [-0.4, -0.2) is 15.3 Å². The Morgan fingerprint density at radius 1 is 1.21 bits per heavy atom. The van der Waals surface area contributed by atoms with E-state index in [2.05, 4.69) is 4.98 Å². The molecule has 2 aromatic carbocycles. The molecule has 1 atom stereocenters. The summed E-state index contributed by atoms with van der Waals surface area (Å²) in [7, 11) is 0. The molecule has 1 unspecified atom stereocenters. The lowest BCUT2D eigenvalue weighted by molar-refractivity contribution is 0.0653. The highest BCUT2D eigenvalue weighted by atomic mass is 35.5. The molecule has 0 radical (unpaired) electrons. The van der Waals surface area contributed by atoms with Crippen molar-refractivity contribution < 1.29 is 9.53 Å². The zero-order valence-electron chi connectivity index (χ0n) is 12.8. The van der Waals surface area contributed by atoms with Crippen LogP contribution >= 0.6 is 23.2 Å². The molecular formula is C18H14Cl2N2O2. The van der Waals surface area contributed by atoms with Crippen molar-refractivity contribution in [3.05, 3.63) is 82.4 Å². The number of hydrogen-bond donors (Lipinski definition) is 0. The Morgan fingerprint density at radius 2 is 2.04 bits per heavy atom. The quantitative estimate of drug-likeness (QED) is 0.604. The summed E-state index contributed by atoms with van der Waals surface area (Å²) < 4.78 is 7.52. The van der Waals surface area contributed by atoms with Gasteiger partial charge in [0, 0.05) is 23.0 Å². The number of ether oxygens (including phenoxy) is 1. The number of aromatic nitrogens is 2. The Hall–Kier alpha value is -2.30. The van der Waals surface area contributed by atoms with Gasteiger partial charge in [0.05, 0.1) is 11.3 Å². The van der Waals surface area contributed by atoms with Crippen molar-refractivity contribution in [3.8, 4) is 5.75 Å². The Kier molecular flexibility index (Phi) is 4.88. The van der Waals surface area contributed by atoms with Crippen molar-refractivity contribution in [2.45, 2.75) is 13.2 Å². The molecule has 0 bridgehead atoms. The van der Waals surface area contributed by atoms with Crippen molar-refractivity contribution in [2.24, 2.45) is 0 Å². The van der Waals surface area contributed by atoms with Crippen LogP contribution in [0, 0.1) is 6.92 Å². The SMILES string of the molecule is Cc1cccc(OC(C(=O)c2ccc(Cl)cc2Cl)n2ccnc2)c1. The lowest BCUT2D eigenvalue weighted by Crippen LogP contribution is -2.24. The molecule has 6 heteroatoms. The third-order valence-corrected chi connectivity index (χ3v) is 4.00. The van der Waals surface area contributed by atoms with Gasteiger partial charge in [0.2, 0.25) is 12.0 Å². The number of hydrogen-bond acceptors (Lipinski definition) is 3. The van der Waals surface area contributed by atoms with E-state index in [0.717, 1.165) is 5.56 Å². The highest BCUT2D eigenvalue weighted by molar-refractivity contribution is 6.36. The first kappa shape index (κ1) is 16.6. The average Bonchev–Trinajstić information content (AvgIpc) is 3.06. The molecule has 0 aliphatic rings. The molecule has 0 N–H and O–H groups in total.